The van der Waals surface area contributed by atoms with Crippen molar-refractivity contribution >= 4 is 5.84 Å². The van der Waals surface area contributed by atoms with Gasteiger partial charge in [-0.1, -0.05) is 49.6 Å². The molecular weight excluding hydrogens is 262 g/mol. The summed E-state index contributed by atoms with van der Waals surface area (Å²) >= 11 is 0. The van der Waals surface area contributed by atoms with Crippen molar-refractivity contribution in [1.82, 2.24) is 10.4 Å². The Kier molecular flexibility index (Phi) is 4.88. The maximum atomic E-state index is 5.78. The number of likely N-dealkylation sites (N-methyl/N-ethyl adjacent to an activating group) is 1. The molecule has 1 heterocycles. The molecule has 1 aromatic rings. The molecule has 1 saturated carbocycles. The van der Waals surface area contributed by atoms with Gasteiger partial charge in [0, 0.05) is 18.2 Å². The van der Waals surface area contributed by atoms with Crippen molar-refractivity contribution in [3.05, 3.63) is 35.9 Å². The molecule has 2 aliphatic rings. The Balaban J connectivity index is 1.52. The van der Waals surface area contributed by atoms with Gasteiger partial charge in [0.25, 0.3) is 0 Å². The molecule has 1 aliphatic heterocycles. The van der Waals surface area contributed by atoms with Gasteiger partial charge in [0.05, 0.1) is 6.54 Å². The van der Waals surface area contributed by atoms with Crippen molar-refractivity contribution in [3.63, 3.8) is 0 Å². The van der Waals surface area contributed by atoms with Crippen LogP contribution in [0.1, 0.15) is 37.7 Å². The van der Waals surface area contributed by atoms with Crippen LogP contribution >= 0.6 is 0 Å². The third kappa shape index (κ3) is 3.83. The Hall–Kier alpha value is -1.39. The smallest absolute Gasteiger partial charge is 0.152 e. The molecule has 114 valence electrons. The Bertz CT molecular complexity index is 468. The van der Waals surface area contributed by atoms with Gasteiger partial charge in [-0.3, -0.25) is 9.83 Å². The standard InChI is InChI=1S/C17H25N3O/c1-20(15-10-6-3-7-11-15)13-16-12-18-17(19-21-16)14-8-4-2-5-9-14/h2,4-5,8-9,15-16H,3,6-7,10-13H2,1H3,(H,18,19). The normalized spacial score (nSPS) is 23.7. The highest BCUT2D eigenvalue weighted by Crippen LogP contribution is 2.22. The molecule has 0 spiro atoms. The van der Waals surface area contributed by atoms with Crippen molar-refractivity contribution < 1.29 is 4.84 Å². The molecule has 1 fully saturated rings. The predicted molar refractivity (Wildman–Crippen MR) is 85.4 cm³/mol. The van der Waals surface area contributed by atoms with E-state index in [0.717, 1.165) is 30.5 Å². The zero-order chi connectivity index (χ0) is 14.5. The van der Waals surface area contributed by atoms with Gasteiger partial charge >= 0.3 is 0 Å². The van der Waals surface area contributed by atoms with Crippen LogP contribution < -0.4 is 5.48 Å². The number of hydrogen-bond donors (Lipinski definition) is 1. The molecule has 1 unspecified atom stereocenters. The lowest BCUT2D eigenvalue weighted by atomic mass is 9.94. The number of amidine groups is 1. The molecule has 1 aliphatic carbocycles. The Morgan fingerprint density at radius 3 is 2.62 bits per heavy atom. The maximum Gasteiger partial charge on any atom is 0.152 e. The second kappa shape index (κ2) is 7.05. The fourth-order valence-electron chi connectivity index (χ4n) is 3.24. The second-order valence-corrected chi connectivity index (χ2v) is 6.13. The van der Waals surface area contributed by atoms with Crippen molar-refractivity contribution in [3.8, 4) is 0 Å². The Morgan fingerprint density at radius 2 is 1.95 bits per heavy atom. The molecular formula is C17H25N3O. The van der Waals surface area contributed by atoms with Crippen molar-refractivity contribution in [1.29, 1.82) is 0 Å². The zero-order valence-corrected chi connectivity index (χ0v) is 12.8. The lowest BCUT2D eigenvalue weighted by molar-refractivity contribution is -0.0176. The van der Waals surface area contributed by atoms with Crippen LogP contribution in [-0.2, 0) is 4.84 Å². The van der Waals surface area contributed by atoms with E-state index in [1.165, 1.54) is 32.1 Å². The molecule has 0 radical (unpaired) electrons. The molecule has 3 rings (SSSR count). The van der Waals surface area contributed by atoms with E-state index in [-0.39, 0.29) is 6.10 Å². The number of aliphatic imine (C=N–C) groups is 1. The van der Waals surface area contributed by atoms with Crippen molar-refractivity contribution in [2.24, 2.45) is 4.99 Å². The average Bonchev–Trinajstić information content (AvgIpc) is 2.57. The first kappa shape index (κ1) is 14.5. The summed E-state index contributed by atoms with van der Waals surface area (Å²) in [6.07, 6.45) is 6.94. The molecule has 21 heavy (non-hydrogen) atoms. The fraction of sp³-hybridized carbons (Fsp3) is 0.588. The van der Waals surface area contributed by atoms with E-state index in [1.807, 2.05) is 30.3 Å². The third-order valence-corrected chi connectivity index (χ3v) is 4.51. The molecule has 1 aromatic carbocycles. The molecule has 1 N–H and O–H groups in total. The van der Waals surface area contributed by atoms with Crippen LogP contribution in [0.25, 0.3) is 0 Å². The van der Waals surface area contributed by atoms with Gasteiger partial charge in [0.2, 0.25) is 0 Å². The highest BCUT2D eigenvalue weighted by Gasteiger charge is 2.23. The second-order valence-electron chi connectivity index (χ2n) is 6.13. The van der Waals surface area contributed by atoms with E-state index in [4.69, 9.17) is 4.84 Å². The topological polar surface area (TPSA) is 36.9 Å². The third-order valence-electron chi connectivity index (χ3n) is 4.51. The predicted octanol–water partition coefficient (Wildman–Crippen LogP) is 2.60. The molecule has 0 aromatic heterocycles. The summed E-state index contributed by atoms with van der Waals surface area (Å²) in [5, 5.41) is 0. The summed E-state index contributed by atoms with van der Waals surface area (Å²) in [4.78, 5) is 12.9. The van der Waals surface area contributed by atoms with Crippen LogP contribution in [0.4, 0.5) is 0 Å². The molecule has 0 amide bonds. The van der Waals surface area contributed by atoms with Crippen molar-refractivity contribution in [2.45, 2.75) is 44.2 Å². The average molecular weight is 287 g/mol. The number of benzene rings is 1. The molecule has 4 nitrogen and oxygen atoms in total. The van der Waals surface area contributed by atoms with Gasteiger partial charge in [0.15, 0.2) is 5.84 Å². The highest BCUT2D eigenvalue weighted by atomic mass is 16.7. The van der Waals surface area contributed by atoms with Crippen LogP contribution in [0.2, 0.25) is 0 Å². The van der Waals surface area contributed by atoms with Crippen LogP contribution in [0.3, 0.4) is 0 Å². The van der Waals surface area contributed by atoms with Gasteiger partial charge in [-0.05, 0) is 19.9 Å². The summed E-state index contributed by atoms with van der Waals surface area (Å²) in [5.41, 5.74) is 4.10. The Labute approximate surface area is 127 Å². The summed E-state index contributed by atoms with van der Waals surface area (Å²) in [6, 6.07) is 10.9. The highest BCUT2D eigenvalue weighted by molar-refractivity contribution is 5.98. The van der Waals surface area contributed by atoms with E-state index >= 15 is 0 Å². The minimum absolute atomic E-state index is 0.143. The van der Waals surface area contributed by atoms with E-state index in [1.54, 1.807) is 0 Å². The molecule has 0 saturated heterocycles. The lowest BCUT2D eigenvalue weighted by Crippen LogP contribution is -2.45. The van der Waals surface area contributed by atoms with E-state index in [9.17, 15) is 0 Å². The van der Waals surface area contributed by atoms with Gasteiger partial charge in [-0.25, -0.2) is 5.48 Å². The number of hydroxylamine groups is 1. The minimum Gasteiger partial charge on any atom is -0.301 e. The number of nitrogens with zero attached hydrogens (tertiary/aromatic N) is 2. The summed E-state index contributed by atoms with van der Waals surface area (Å²) in [5.74, 6) is 0.840. The molecule has 0 bridgehead atoms. The van der Waals surface area contributed by atoms with Crippen LogP contribution in [0, 0.1) is 0 Å². The van der Waals surface area contributed by atoms with E-state index in [2.05, 4.69) is 22.4 Å². The maximum absolute atomic E-state index is 5.78. The van der Waals surface area contributed by atoms with E-state index in [0.29, 0.717) is 0 Å². The number of nitrogens with one attached hydrogen (secondary N) is 1. The van der Waals surface area contributed by atoms with Gasteiger partial charge < -0.3 is 4.90 Å². The first-order chi connectivity index (χ1) is 10.3. The first-order valence-electron chi connectivity index (χ1n) is 8.04. The lowest BCUT2D eigenvalue weighted by Gasteiger charge is -2.34. The van der Waals surface area contributed by atoms with Gasteiger partial charge in [-0.15, -0.1) is 0 Å². The number of rotatable bonds is 4. The zero-order valence-electron chi connectivity index (χ0n) is 12.8. The van der Waals surface area contributed by atoms with Gasteiger partial charge in [0.1, 0.15) is 6.10 Å². The van der Waals surface area contributed by atoms with Crippen LogP contribution in [-0.4, -0.2) is 43.0 Å². The quantitative estimate of drug-likeness (QED) is 0.925. The number of hydrogen-bond acceptors (Lipinski definition) is 4. The minimum atomic E-state index is 0.143. The van der Waals surface area contributed by atoms with Crippen LogP contribution in [0.5, 0.6) is 0 Å². The fourth-order valence-corrected chi connectivity index (χ4v) is 3.24. The first-order valence-corrected chi connectivity index (χ1v) is 8.04. The summed E-state index contributed by atoms with van der Waals surface area (Å²) < 4.78 is 0. The van der Waals surface area contributed by atoms with Gasteiger partial charge in [-0.2, -0.15) is 0 Å². The van der Waals surface area contributed by atoms with Crippen LogP contribution in [0.15, 0.2) is 35.3 Å². The Morgan fingerprint density at radius 1 is 1.19 bits per heavy atom. The van der Waals surface area contributed by atoms with Crippen molar-refractivity contribution in [2.75, 3.05) is 20.1 Å². The molecule has 4 heteroatoms. The summed E-state index contributed by atoms with van der Waals surface area (Å²) in [7, 11) is 2.22. The molecule has 1 atom stereocenters. The summed E-state index contributed by atoms with van der Waals surface area (Å²) in [6.45, 7) is 1.68. The SMILES string of the molecule is CN(CC1CN=C(c2ccccc2)NO1)C1CCCCC1. The van der Waals surface area contributed by atoms with E-state index < -0.39 is 0 Å². The monoisotopic (exact) mass is 287 g/mol. The largest absolute Gasteiger partial charge is 0.301 e.